The average Bonchev–Trinajstić information content (AvgIpc) is 2.68. The van der Waals surface area contributed by atoms with Crippen LogP contribution in [0.15, 0.2) is 60.7 Å². The summed E-state index contributed by atoms with van der Waals surface area (Å²) < 4.78 is 11.6. The largest absolute Gasteiger partial charge is 0.389 e. The van der Waals surface area contributed by atoms with E-state index in [0.29, 0.717) is 26.4 Å². The van der Waals surface area contributed by atoms with E-state index in [2.05, 4.69) is 0 Å². The molecule has 0 saturated carbocycles. The van der Waals surface area contributed by atoms with Gasteiger partial charge in [-0.25, -0.2) is 0 Å². The van der Waals surface area contributed by atoms with Gasteiger partial charge >= 0.3 is 0 Å². The number of likely N-dealkylation sites (tertiary alicyclic amines) is 1. The second kappa shape index (κ2) is 9.26. The summed E-state index contributed by atoms with van der Waals surface area (Å²) in [4.78, 5) is 2.00. The maximum atomic E-state index is 10.5. The molecule has 4 atom stereocenters. The van der Waals surface area contributed by atoms with Crippen LogP contribution in [-0.2, 0) is 22.7 Å². The topological polar surface area (TPSA) is 62.2 Å². The Morgan fingerprint density at radius 3 is 2.08 bits per heavy atom. The number of likely N-dealkylation sites (N-methyl/N-ethyl adjacent to an activating group) is 1. The highest BCUT2D eigenvalue weighted by Gasteiger charge is 2.41. The van der Waals surface area contributed by atoms with Gasteiger partial charge in [0.05, 0.1) is 32.0 Å². The predicted molar refractivity (Wildman–Crippen MR) is 99.5 cm³/mol. The molecular formula is C21H27NO4. The van der Waals surface area contributed by atoms with Crippen LogP contribution >= 0.6 is 0 Å². The SMILES string of the molecule is CN1C[C@H](OCc2ccccc2)[C@@H](O)[C@@H](O)[C@H]1COCc1ccccc1. The van der Waals surface area contributed by atoms with Crippen molar-refractivity contribution >= 4 is 0 Å². The number of ether oxygens (including phenoxy) is 2. The van der Waals surface area contributed by atoms with E-state index in [-0.39, 0.29) is 6.04 Å². The van der Waals surface area contributed by atoms with Gasteiger partial charge < -0.3 is 19.7 Å². The smallest absolute Gasteiger partial charge is 0.109 e. The second-order valence-electron chi connectivity index (χ2n) is 6.82. The fourth-order valence-corrected chi connectivity index (χ4v) is 3.26. The number of hydrogen-bond acceptors (Lipinski definition) is 5. The van der Waals surface area contributed by atoms with Crippen LogP contribution in [0.2, 0.25) is 0 Å². The highest BCUT2D eigenvalue weighted by atomic mass is 16.5. The first-order valence-corrected chi connectivity index (χ1v) is 8.98. The summed E-state index contributed by atoms with van der Waals surface area (Å²) in [5.41, 5.74) is 2.13. The van der Waals surface area contributed by atoms with Gasteiger partial charge in [-0.05, 0) is 18.2 Å². The molecule has 3 rings (SSSR count). The van der Waals surface area contributed by atoms with E-state index in [1.807, 2.05) is 72.6 Å². The summed E-state index contributed by atoms with van der Waals surface area (Å²) in [5, 5.41) is 21.0. The van der Waals surface area contributed by atoms with Crippen LogP contribution in [0.1, 0.15) is 11.1 Å². The van der Waals surface area contributed by atoms with E-state index < -0.39 is 18.3 Å². The molecule has 0 bridgehead atoms. The minimum absolute atomic E-state index is 0.259. The van der Waals surface area contributed by atoms with Crippen molar-refractivity contribution < 1.29 is 19.7 Å². The molecule has 0 radical (unpaired) electrons. The molecule has 5 nitrogen and oxygen atoms in total. The molecular weight excluding hydrogens is 330 g/mol. The van der Waals surface area contributed by atoms with Crippen LogP contribution < -0.4 is 0 Å². The van der Waals surface area contributed by atoms with Crippen molar-refractivity contribution in [3.05, 3.63) is 71.8 Å². The molecule has 1 aliphatic rings. The first-order valence-electron chi connectivity index (χ1n) is 8.98. The molecule has 5 heteroatoms. The van der Waals surface area contributed by atoms with Crippen molar-refractivity contribution in [2.75, 3.05) is 20.2 Å². The molecule has 140 valence electrons. The molecule has 0 unspecified atom stereocenters. The molecule has 2 aromatic rings. The maximum absolute atomic E-state index is 10.5. The Balaban J connectivity index is 1.50. The number of benzene rings is 2. The molecule has 2 N–H and O–H groups in total. The highest BCUT2D eigenvalue weighted by Crippen LogP contribution is 2.21. The predicted octanol–water partition coefficient (Wildman–Crippen LogP) is 1.82. The van der Waals surface area contributed by atoms with E-state index in [9.17, 15) is 10.2 Å². The Morgan fingerprint density at radius 2 is 1.46 bits per heavy atom. The summed E-state index contributed by atoms with van der Waals surface area (Å²) in [5.74, 6) is 0. The van der Waals surface area contributed by atoms with Gasteiger partial charge in [0.15, 0.2) is 0 Å². The number of rotatable bonds is 7. The number of aliphatic hydroxyl groups excluding tert-OH is 2. The first kappa shape index (κ1) is 19.0. The normalized spacial score (nSPS) is 26.7. The van der Waals surface area contributed by atoms with E-state index in [0.717, 1.165) is 11.1 Å². The van der Waals surface area contributed by atoms with E-state index >= 15 is 0 Å². The molecule has 1 fully saturated rings. The van der Waals surface area contributed by atoms with Crippen LogP contribution in [0.3, 0.4) is 0 Å². The Kier molecular flexibility index (Phi) is 6.77. The monoisotopic (exact) mass is 357 g/mol. The quantitative estimate of drug-likeness (QED) is 0.792. The molecule has 0 aromatic heterocycles. The molecule has 1 aliphatic heterocycles. The highest BCUT2D eigenvalue weighted by molar-refractivity contribution is 5.14. The van der Waals surface area contributed by atoms with Crippen LogP contribution in [0.5, 0.6) is 0 Å². The summed E-state index contributed by atoms with van der Waals surface area (Å²) in [7, 11) is 1.92. The first-order chi connectivity index (χ1) is 12.6. The third kappa shape index (κ3) is 4.90. The van der Waals surface area contributed by atoms with Gasteiger partial charge in [-0.2, -0.15) is 0 Å². The summed E-state index contributed by atoms with van der Waals surface area (Å²) in [6.07, 6.45) is -2.27. The van der Waals surface area contributed by atoms with Crippen molar-refractivity contribution in [1.29, 1.82) is 0 Å². The molecule has 26 heavy (non-hydrogen) atoms. The maximum Gasteiger partial charge on any atom is 0.109 e. The number of piperidine rings is 1. The molecule has 0 aliphatic carbocycles. The van der Waals surface area contributed by atoms with Gasteiger partial charge in [0.2, 0.25) is 0 Å². The molecule has 0 amide bonds. The Labute approximate surface area is 154 Å². The second-order valence-corrected chi connectivity index (χ2v) is 6.82. The zero-order valence-electron chi connectivity index (χ0n) is 15.1. The fourth-order valence-electron chi connectivity index (χ4n) is 3.26. The minimum Gasteiger partial charge on any atom is -0.389 e. The van der Waals surface area contributed by atoms with Gasteiger partial charge in [-0.1, -0.05) is 60.7 Å². The molecule has 2 aromatic carbocycles. The summed E-state index contributed by atoms with van der Waals surface area (Å²) in [6.45, 7) is 1.81. The molecule has 0 spiro atoms. The number of nitrogens with zero attached hydrogens (tertiary/aromatic N) is 1. The van der Waals surface area contributed by atoms with Gasteiger partial charge in [0.1, 0.15) is 12.2 Å². The third-order valence-corrected chi connectivity index (χ3v) is 4.87. The molecule has 1 saturated heterocycles. The van der Waals surface area contributed by atoms with Gasteiger partial charge in [-0.15, -0.1) is 0 Å². The summed E-state index contributed by atoms with van der Waals surface area (Å²) in [6, 6.07) is 19.5. The lowest BCUT2D eigenvalue weighted by molar-refractivity contribution is -0.165. The van der Waals surface area contributed by atoms with Crippen molar-refractivity contribution in [1.82, 2.24) is 4.90 Å². The van der Waals surface area contributed by atoms with Crippen molar-refractivity contribution in [3.63, 3.8) is 0 Å². The van der Waals surface area contributed by atoms with Gasteiger partial charge in [0, 0.05) is 6.54 Å². The lowest BCUT2D eigenvalue weighted by atomic mass is 9.94. The van der Waals surface area contributed by atoms with Crippen LogP contribution in [0.25, 0.3) is 0 Å². The Bertz CT molecular complexity index is 652. The third-order valence-electron chi connectivity index (χ3n) is 4.87. The zero-order valence-corrected chi connectivity index (χ0v) is 15.1. The van der Waals surface area contributed by atoms with Crippen molar-refractivity contribution in [2.24, 2.45) is 0 Å². The Hall–Kier alpha value is -1.76. The van der Waals surface area contributed by atoms with Crippen LogP contribution in [-0.4, -0.2) is 59.7 Å². The zero-order chi connectivity index (χ0) is 18.4. The molecule has 1 heterocycles. The van der Waals surface area contributed by atoms with E-state index in [1.54, 1.807) is 0 Å². The minimum atomic E-state index is -0.930. The summed E-state index contributed by atoms with van der Waals surface area (Å²) >= 11 is 0. The van der Waals surface area contributed by atoms with Crippen LogP contribution in [0, 0.1) is 0 Å². The number of aliphatic hydroxyl groups is 2. The fraction of sp³-hybridized carbons (Fsp3) is 0.429. The lowest BCUT2D eigenvalue weighted by Crippen LogP contribution is -2.62. The standard InChI is InChI=1S/C21H27NO4/c1-22-12-19(26-14-17-10-6-3-7-11-17)21(24)20(23)18(22)15-25-13-16-8-4-2-5-9-16/h2-11,18-21,23-24H,12-15H2,1H3/t18-,19+,20+,21-/m1/s1. The lowest BCUT2D eigenvalue weighted by Gasteiger charge is -2.43. The Morgan fingerprint density at radius 1 is 0.885 bits per heavy atom. The van der Waals surface area contributed by atoms with Crippen molar-refractivity contribution in [2.45, 2.75) is 37.6 Å². The van der Waals surface area contributed by atoms with E-state index in [4.69, 9.17) is 9.47 Å². The average molecular weight is 357 g/mol. The van der Waals surface area contributed by atoms with Crippen molar-refractivity contribution in [3.8, 4) is 0 Å². The van der Waals surface area contributed by atoms with Gasteiger partial charge in [0.25, 0.3) is 0 Å². The van der Waals surface area contributed by atoms with Crippen LogP contribution in [0.4, 0.5) is 0 Å². The number of hydrogen-bond donors (Lipinski definition) is 2. The van der Waals surface area contributed by atoms with Gasteiger partial charge in [-0.3, -0.25) is 4.90 Å². The van der Waals surface area contributed by atoms with E-state index in [1.165, 1.54) is 0 Å².